The minimum Gasteiger partial charge on any atom is -0.393 e. The van der Waals surface area contributed by atoms with Crippen molar-refractivity contribution in [3.05, 3.63) is 0 Å². The molecule has 2 rings (SSSR count). The summed E-state index contributed by atoms with van der Waals surface area (Å²) in [6, 6.07) is 0. The first kappa shape index (κ1) is 11.4. The van der Waals surface area contributed by atoms with E-state index < -0.39 is 0 Å². The smallest absolute Gasteiger partial charge is 0.0572 e. The molecule has 0 bridgehead atoms. The van der Waals surface area contributed by atoms with Crippen LogP contribution in [0.5, 0.6) is 0 Å². The monoisotopic (exact) mass is 212 g/mol. The Kier molecular flexibility index (Phi) is 4.45. The van der Waals surface area contributed by atoms with Gasteiger partial charge in [-0.15, -0.1) is 0 Å². The molecule has 0 aromatic carbocycles. The summed E-state index contributed by atoms with van der Waals surface area (Å²) < 4.78 is 5.33. The molecule has 2 fully saturated rings. The molecule has 15 heavy (non-hydrogen) atoms. The van der Waals surface area contributed by atoms with Gasteiger partial charge in [-0.05, 0) is 31.1 Å². The molecule has 1 aliphatic carbocycles. The van der Waals surface area contributed by atoms with Gasteiger partial charge in [-0.2, -0.15) is 0 Å². The molecule has 88 valence electrons. The summed E-state index contributed by atoms with van der Waals surface area (Å²) in [4.78, 5) is 0. The van der Waals surface area contributed by atoms with E-state index in [1.54, 1.807) is 0 Å². The van der Waals surface area contributed by atoms with Crippen LogP contribution in [-0.4, -0.2) is 24.4 Å². The highest BCUT2D eigenvalue weighted by Gasteiger charge is 2.25. The molecule has 1 atom stereocenters. The van der Waals surface area contributed by atoms with E-state index >= 15 is 0 Å². The third-order valence-corrected chi connectivity index (χ3v) is 4.11. The van der Waals surface area contributed by atoms with Gasteiger partial charge < -0.3 is 9.84 Å². The lowest BCUT2D eigenvalue weighted by Gasteiger charge is -2.30. The minimum absolute atomic E-state index is 0.0583. The number of aliphatic hydroxyl groups excluding tert-OH is 1. The van der Waals surface area contributed by atoms with Crippen LogP contribution in [0.1, 0.15) is 51.4 Å². The molecular formula is C13H24O2. The highest BCUT2D eigenvalue weighted by molar-refractivity contribution is 4.76. The van der Waals surface area contributed by atoms with Crippen LogP contribution in [0.15, 0.2) is 0 Å². The van der Waals surface area contributed by atoms with Crippen molar-refractivity contribution in [1.82, 2.24) is 0 Å². The van der Waals surface area contributed by atoms with Crippen molar-refractivity contribution in [3.8, 4) is 0 Å². The highest BCUT2D eigenvalue weighted by atomic mass is 16.5. The molecule has 2 aliphatic rings. The standard InChI is InChI=1S/C13H24O2/c14-13(12-6-8-15-9-7-12)10-11-4-2-1-3-5-11/h11-14H,1-10H2. The topological polar surface area (TPSA) is 29.5 Å². The minimum atomic E-state index is -0.0583. The zero-order valence-corrected chi connectivity index (χ0v) is 9.66. The average Bonchev–Trinajstić information content (AvgIpc) is 2.31. The molecule has 1 unspecified atom stereocenters. The fourth-order valence-corrected chi connectivity index (χ4v) is 3.06. The zero-order chi connectivity index (χ0) is 10.5. The van der Waals surface area contributed by atoms with Gasteiger partial charge in [0.15, 0.2) is 0 Å². The Balaban J connectivity index is 1.72. The molecule has 2 heteroatoms. The van der Waals surface area contributed by atoms with Crippen LogP contribution in [0.4, 0.5) is 0 Å². The van der Waals surface area contributed by atoms with Gasteiger partial charge in [-0.1, -0.05) is 32.1 Å². The third-order valence-electron chi connectivity index (χ3n) is 4.11. The first-order valence-electron chi connectivity index (χ1n) is 6.62. The normalized spacial score (nSPS) is 27.8. The quantitative estimate of drug-likeness (QED) is 0.779. The van der Waals surface area contributed by atoms with Gasteiger partial charge in [-0.3, -0.25) is 0 Å². The van der Waals surface area contributed by atoms with Crippen LogP contribution in [0.3, 0.4) is 0 Å². The molecule has 0 radical (unpaired) electrons. The second kappa shape index (κ2) is 5.86. The van der Waals surface area contributed by atoms with Crippen molar-refractivity contribution in [3.63, 3.8) is 0 Å². The lowest BCUT2D eigenvalue weighted by molar-refractivity contribution is -0.00346. The molecule has 0 spiro atoms. The average molecular weight is 212 g/mol. The number of rotatable bonds is 3. The highest BCUT2D eigenvalue weighted by Crippen LogP contribution is 2.31. The molecule has 1 saturated heterocycles. The van der Waals surface area contributed by atoms with E-state index in [0.29, 0.717) is 5.92 Å². The van der Waals surface area contributed by atoms with Crippen LogP contribution in [-0.2, 0) is 4.74 Å². The molecule has 2 nitrogen and oxygen atoms in total. The van der Waals surface area contributed by atoms with Gasteiger partial charge in [-0.25, -0.2) is 0 Å². The van der Waals surface area contributed by atoms with E-state index in [9.17, 15) is 5.11 Å². The van der Waals surface area contributed by atoms with Crippen molar-refractivity contribution in [2.75, 3.05) is 13.2 Å². The molecule has 1 heterocycles. The predicted molar refractivity (Wildman–Crippen MR) is 60.7 cm³/mol. The largest absolute Gasteiger partial charge is 0.393 e. The van der Waals surface area contributed by atoms with Gasteiger partial charge >= 0.3 is 0 Å². The predicted octanol–water partition coefficient (Wildman–Crippen LogP) is 2.74. The van der Waals surface area contributed by atoms with Crippen LogP contribution >= 0.6 is 0 Å². The van der Waals surface area contributed by atoms with E-state index in [-0.39, 0.29) is 6.10 Å². The molecular weight excluding hydrogens is 188 g/mol. The second-order valence-corrected chi connectivity index (χ2v) is 5.26. The number of hydrogen-bond donors (Lipinski definition) is 1. The van der Waals surface area contributed by atoms with Gasteiger partial charge in [0.1, 0.15) is 0 Å². The van der Waals surface area contributed by atoms with E-state index in [2.05, 4.69) is 0 Å². The summed E-state index contributed by atoms with van der Waals surface area (Å²) in [6.45, 7) is 1.71. The summed E-state index contributed by atoms with van der Waals surface area (Å²) in [5.74, 6) is 1.32. The summed E-state index contributed by atoms with van der Waals surface area (Å²) in [5, 5.41) is 10.2. The molecule has 0 amide bonds. The second-order valence-electron chi connectivity index (χ2n) is 5.26. The van der Waals surface area contributed by atoms with E-state index in [1.165, 1.54) is 32.1 Å². The molecule has 1 saturated carbocycles. The van der Waals surface area contributed by atoms with Gasteiger partial charge in [0.2, 0.25) is 0 Å². The number of aliphatic hydroxyl groups is 1. The number of hydrogen-bond acceptors (Lipinski definition) is 2. The summed E-state index contributed by atoms with van der Waals surface area (Å²) in [5.41, 5.74) is 0. The Bertz CT molecular complexity index is 169. The van der Waals surface area contributed by atoms with Crippen molar-refractivity contribution in [1.29, 1.82) is 0 Å². The van der Waals surface area contributed by atoms with Crippen LogP contribution in [0.2, 0.25) is 0 Å². The molecule has 0 aromatic heterocycles. The lowest BCUT2D eigenvalue weighted by Crippen LogP contribution is -2.29. The van der Waals surface area contributed by atoms with Crippen LogP contribution < -0.4 is 0 Å². The van der Waals surface area contributed by atoms with E-state index in [0.717, 1.165) is 38.4 Å². The van der Waals surface area contributed by atoms with Crippen molar-refractivity contribution in [2.45, 2.75) is 57.5 Å². The maximum Gasteiger partial charge on any atom is 0.0572 e. The van der Waals surface area contributed by atoms with Gasteiger partial charge in [0.25, 0.3) is 0 Å². The Morgan fingerprint density at radius 2 is 1.67 bits per heavy atom. The number of ether oxygens (including phenoxy) is 1. The van der Waals surface area contributed by atoms with Gasteiger partial charge in [0.05, 0.1) is 6.10 Å². The fourth-order valence-electron chi connectivity index (χ4n) is 3.06. The Labute approximate surface area is 93.0 Å². The Morgan fingerprint density at radius 3 is 2.33 bits per heavy atom. The van der Waals surface area contributed by atoms with E-state index in [1.807, 2.05) is 0 Å². The molecule has 1 N–H and O–H groups in total. The molecule has 1 aliphatic heterocycles. The lowest BCUT2D eigenvalue weighted by atomic mass is 9.81. The Morgan fingerprint density at radius 1 is 1.00 bits per heavy atom. The molecule has 0 aromatic rings. The maximum absolute atomic E-state index is 10.2. The Hall–Kier alpha value is -0.0800. The summed E-state index contributed by atoms with van der Waals surface area (Å²) in [6.07, 6.45) is 9.98. The first-order valence-corrected chi connectivity index (χ1v) is 6.62. The zero-order valence-electron chi connectivity index (χ0n) is 9.66. The van der Waals surface area contributed by atoms with Crippen molar-refractivity contribution < 1.29 is 9.84 Å². The fraction of sp³-hybridized carbons (Fsp3) is 1.00. The first-order chi connectivity index (χ1) is 7.36. The summed E-state index contributed by atoms with van der Waals surface area (Å²) in [7, 11) is 0. The van der Waals surface area contributed by atoms with E-state index in [4.69, 9.17) is 4.74 Å². The SMILES string of the molecule is OC(CC1CCCCC1)C1CCOCC1. The van der Waals surface area contributed by atoms with Gasteiger partial charge in [0, 0.05) is 13.2 Å². The third kappa shape index (κ3) is 3.46. The van der Waals surface area contributed by atoms with Crippen LogP contribution in [0.25, 0.3) is 0 Å². The van der Waals surface area contributed by atoms with Crippen molar-refractivity contribution in [2.24, 2.45) is 11.8 Å². The maximum atomic E-state index is 10.2. The summed E-state index contributed by atoms with van der Waals surface area (Å²) >= 11 is 0. The van der Waals surface area contributed by atoms with Crippen LogP contribution in [0, 0.1) is 11.8 Å². The van der Waals surface area contributed by atoms with Crippen molar-refractivity contribution >= 4 is 0 Å².